The quantitative estimate of drug-likeness (QED) is 0.189. The maximum absolute atomic E-state index is 13.9. The molecule has 2 aliphatic heterocycles. The number of ether oxygens (including phenoxy) is 1. The third-order valence-electron chi connectivity index (χ3n) is 7.92. The Morgan fingerprint density at radius 1 is 0.643 bits per heavy atom. The Morgan fingerprint density at radius 3 is 1.88 bits per heavy atom. The van der Waals surface area contributed by atoms with Crippen molar-refractivity contribution in [3.63, 3.8) is 0 Å². The fraction of sp³-hybridized carbons (Fsp3) is 0.0857. The number of thiophene rings is 3. The lowest BCUT2D eigenvalue weighted by molar-refractivity contribution is 0.0926. The molecular weight excluding hydrogens is 579 g/mol. The summed E-state index contributed by atoms with van der Waals surface area (Å²) in [7, 11) is 0. The van der Waals surface area contributed by atoms with Crippen molar-refractivity contribution in [1.29, 1.82) is 0 Å². The number of carbonyl (C=O) groups excluding carboxylic acids is 2. The van der Waals surface area contributed by atoms with Crippen LogP contribution >= 0.6 is 34.0 Å². The smallest absolute Gasteiger partial charge is 0.267 e. The van der Waals surface area contributed by atoms with Gasteiger partial charge in [-0.1, -0.05) is 78.9 Å². The predicted octanol–water partition coefficient (Wildman–Crippen LogP) is 9.31. The topological polar surface area (TPSA) is 46.6 Å². The highest BCUT2D eigenvalue weighted by Gasteiger charge is 2.48. The zero-order valence-corrected chi connectivity index (χ0v) is 25.2. The van der Waals surface area contributed by atoms with Crippen LogP contribution in [0.1, 0.15) is 47.2 Å². The van der Waals surface area contributed by atoms with Gasteiger partial charge in [-0.15, -0.1) is 34.0 Å². The number of aryl methyl sites for hydroxylation is 2. The van der Waals surface area contributed by atoms with Gasteiger partial charge in [-0.05, 0) is 38.1 Å². The predicted molar refractivity (Wildman–Crippen MR) is 171 cm³/mol. The van der Waals surface area contributed by atoms with Gasteiger partial charge in [0.1, 0.15) is 5.75 Å². The van der Waals surface area contributed by atoms with E-state index in [1.165, 1.54) is 21.1 Å². The van der Waals surface area contributed by atoms with Gasteiger partial charge in [-0.2, -0.15) is 0 Å². The minimum absolute atomic E-state index is 0.259. The van der Waals surface area contributed by atoms with Gasteiger partial charge in [0.15, 0.2) is 5.60 Å². The van der Waals surface area contributed by atoms with E-state index in [1.807, 2.05) is 61.5 Å². The molecule has 0 saturated carbocycles. The third-order valence-corrected chi connectivity index (χ3v) is 11.5. The fourth-order valence-corrected chi connectivity index (χ4v) is 9.66. The Balaban J connectivity index is 1.38. The van der Waals surface area contributed by atoms with Crippen LogP contribution < -0.4 is 9.64 Å². The van der Waals surface area contributed by atoms with Crippen LogP contribution in [0.25, 0.3) is 19.5 Å². The molecule has 204 valence electrons. The van der Waals surface area contributed by atoms with Crippen LogP contribution in [0.2, 0.25) is 0 Å². The Kier molecular flexibility index (Phi) is 5.66. The Labute approximate surface area is 255 Å². The first-order valence-corrected chi connectivity index (χ1v) is 16.0. The lowest BCUT2D eigenvalue weighted by Crippen LogP contribution is -2.37. The van der Waals surface area contributed by atoms with Gasteiger partial charge < -0.3 is 4.74 Å². The third kappa shape index (κ3) is 3.51. The molecule has 0 bridgehead atoms. The second-order valence-corrected chi connectivity index (χ2v) is 14.0. The van der Waals surface area contributed by atoms with E-state index in [1.54, 1.807) is 34.8 Å². The highest BCUT2D eigenvalue weighted by molar-refractivity contribution is 7.27. The van der Waals surface area contributed by atoms with Gasteiger partial charge in [-0.3, -0.25) is 9.59 Å². The molecule has 0 fully saturated rings. The maximum atomic E-state index is 13.9. The summed E-state index contributed by atoms with van der Waals surface area (Å²) in [6.07, 6.45) is 0. The monoisotopic (exact) mass is 601 g/mol. The molecule has 0 aliphatic carbocycles. The van der Waals surface area contributed by atoms with Gasteiger partial charge in [-0.25, -0.2) is 4.90 Å². The minimum atomic E-state index is -0.876. The van der Waals surface area contributed by atoms with Crippen LogP contribution in [0.5, 0.6) is 5.75 Å². The van der Waals surface area contributed by atoms with E-state index in [4.69, 9.17) is 4.74 Å². The summed E-state index contributed by atoms with van der Waals surface area (Å²) < 4.78 is 7.09. The number of anilines is 1. The lowest BCUT2D eigenvalue weighted by atomic mass is 9.78. The Hall–Kier alpha value is -4.30. The number of benzene rings is 3. The standard InChI is InChI=1S/C35H23NO3S3/c1-20-18-26-31(40-20)30-25(35(39-26,22-12-6-3-7-13-22)23-14-8-4-9-15-23)19-27(42-30)32-29-28(21(2)41-32)33(37)36(34(29)38)24-16-10-5-11-17-24/h3-19H,1-2H3. The molecule has 0 spiro atoms. The van der Waals surface area contributed by atoms with Crippen molar-refractivity contribution in [1.82, 2.24) is 0 Å². The molecule has 3 aromatic carbocycles. The van der Waals surface area contributed by atoms with Crippen LogP contribution in [0.15, 0.2) is 103 Å². The molecule has 0 N–H and O–H groups in total. The first-order chi connectivity index (χ1) is 20.5. The highest BCUT2D eigenvalue weighted by Crippen LogP contribution is 2.59. The fourth-order valence-electron chi connectivity index (χ4n) is 6.13. The van der Waals surface area contributed by atoms with Crippen LogP contribution in [-0.4, -0.2) is 11.8 Å². The summed E-state index contributed by atoms with van der Waals surface area (Å²) in [5.41, 5.74) is 3.83. The van der Waals surface area contributed by atoms with Crippen molar-refractivity contribution in [2.75, 3.05) is 4.90 Å². The normalized spacial score (nSPS) is 14.9. The molecule has 7 heteroatoms. The summed E-state index contributed by atoms with van der Waals surface area (Å²) in [6.45, 7) is 4.04. The number of imide groups is 1. The van der Waals surface area contributed by atoms with E-state index in [9.17, 15) is 9.59 Å². The van der Waals surface area contributed by atoms with Gasteiger partial charge in [0.05, 0.1) is 31.4 Å². The van der Waals surface area contributed by atoms with E-state index in [2.05, 4.69) is 43.3 Å². The first-order valence-electron chi connectivity index (χ1n) is 13.6. The summed E-state index contributed by atoms with van der Waals surface area (Å²) in [5.74, 6) is 0.332. The number of hydrogen-bond acceptors (Lipinski definition) is 6. The minimum Gasteiger partial charge on any atom is -0.471 e. The summed E-state index contributed by atoms with van der Waals surface area (Å²) in [4.78, 5) is 34.9. The second kappa shape index (κ2) is 9.36. The number of nitrogens with zero attached hydrogens (tertiary/aromatic N) is 1. The lowest BCUT2D eigenvalue weighted by Gasteiger charge is -2.38. The van der Waals surface area contributed by atoms with Gasteiger partial charge >= 0.3 is 0 Å². The summed E-state index contributed by atoms with van der Waals surface area (Å²) in [5, 5.41) is 0. The van der Waals surface area contributed by atoms with Crippen LogP contribution in [-0.2, 0) is 5.60 Å². The maximum Gasteiger partial charge on any atom is 0.267 e. The van der Waals surface area contributed by atoms with Crippen LogP contribution in [0.4, 0.5) is 5.69 Å². The SMILES string of the molecule is Cc1cc2c(s1)-c1sc(-c3sc(C)c4c3C(=O)N(c3ccccc3)C4=O)cc1C(c1ccccc1)(c1ccccc1)O2. The Bertz CT molecular complexity index is 1980. The van der Waals surface area contributed by atoms with Crippen molar-refractivity contribution in [3.8, 4) is 25.3 Å². The van der Waals surface area contributed by atoms with Crippen molar-refractivity contribution in [2.45, 2.75) is 19.4 Å². The second-order valence-electron chi connectivity index (χ2n) is 10.4. The first kappa shape index (κ1) is 25.4. The zero-order chi connectivity index (χ0) is 28.6. The molecule has 2 aliphatic rings. The molecule has 6 aromatic rings. The molecule has 4 nitrogen and oxygen atoms in total. The number of para-hydroxylation sites is 1. The number of carbonyl (C=O) groups is 2. The molecule has 0 saturated heterocycles. The number of rotatable bonds is 4. The molecule has 0 radical (unpaired) electrons. The van der Waals surface area contributed by atoms with Crippen LogP contribution in [0.3, 0.4) is 0 Å². The number of amides is 2. The van der Waals surface area contributed by atoms with E-state index in [-0.39, 0.29) is 11.8 Å². The van der Waals surface area contributed by atoms with E-state index < -0.39 is 5.60 Å². The molecule has 3 aromatic heterocycles. The van der Waals surface area contributed by atoms with Crippen molar-refractivity contribution < 1.29 is 14.3 Å². The average molecular weight is 602 g/mol. The molecular formula is C35H23NO3S3. The molecule has 0 atom stereocenters. The number of hydrogen-bond donors (Lipinski definition) is 0. The summed E-state index contributed by atoms with van der Waals surface area (Å²) >= 11 is 4.92. The summed E-state index contributed by atoms with van der Waals surface area (Å²) in [6, 6.07) is 34.2. The molecule has 42 heavy (non-hydrogen) atoms. The largest absolute Gasteiger partial charge is 0.471 e. The highest BCUT2D eigenvalue weighted by atomic mass is 32.1. The number of fused-ring (bicyclic) bond motifs is 4. The Morgan fingerprint density at radius 2 is 1.24 bits per heavy atom. The van der Waals surface area contributed by atoms with Crippen molar-refractivity contribution in [2.24, 2.45) is 0 Å². The average Bonchev–Trinajstić information content (AvgIpc) is 3.77. The molecule has 5 heterocycles. The van der Waals surface area contributed by atoms with Crippen molar-refractivity contribution in [3.05, 3.63) is 141 Å². The molecule has 0 unspecified atom stereocenters. The zero-order valence-electron chi connectivity index (χ0n) is 22.7. The van der Waals surface area contributed by atoms with E-state index in [0.29, 0.717) is 16.8 Å². The van der Waals surface area contributed by atoms with Crippen LogP contribution in [0, 0.1) is 13.8 Å². The van der Waals surface area contributed by atoms with Gasteiger partial charge in [0.25, 0.3) is 11.8 Å². The molecule has 2 amide bonds. The van der Waals surface area contributed by atoms with E-state index >= 15 is 0 Å². The van der Waals surface area contributed by atoms with Gasteiger partial charge in [0, 0.05) is 31.3 Å². The van der Waals surface area contributed by atoms with Gasteiger partial charge in [0.2, 0.25) is 0 Å². The van der Waals surface area contributed by atoms with Crippen molar-refractivity contribution >= 4 is 51.5 Å². The van der Waals surface area contributed by atoms with E-state index in [0.717, 1.165) is 46.8 Å². The molecule has 8 rings (SSSR count).